The highest BCUT2D eigenvalue weighted by Gasteiger charge is 2.15. The van der Waals surface area contributed by atoms with Gasteiger partial charge in [0.2, 0.25) is 11.8 Å². The number of alkyl carbamates (subject to hydrolysis) is 1. The summed E-state index contributed by atoms with van der Waals surface area (Å²) in [6.07, 6.45) is 1.33. The van der Waals surface area contributed by atoms with E-state index in [0.717, 1.165) is 5.56 Å². The van der Waals surface area contributed by atoms with Crippen molar-refractivity contribution in [3.05, 3.63) is 34.9 Å². The molecule has 28 heavy (non-hydrogen) atoms. The summed E-state index contributed by atoms with van der Waals surface area (Å²) in [4.78, 5) is 34.9. The standard InChI is InChI=1S/C20H30ClN3O4/c1-20(2,3)28-19(27)24-14-11-18(26)23-13-4-12-22-17(25)10-7-15-5-8-16(21)9-6-15/h5-6,8-9H,4,7,10-14H2,1-3H3,(H,22,25)(H,23,26)(H,24,27). The second kappa shape index (κ2) is 12.2. The van der Waals surface area contributed by atoms with Gasteiger partial charge in [0.05, 0.1) is 0 Å². The molecule has 3 N–H and O–H groups in total. The van der Waals surface area contributed by atoms with Crippen LogP contribution < -0.4 is 16.0 Å². The summed E-state index contributed by atoms with van der Waals surface area (Å²) in [6.45, 7) is 6.49. The number of nitrogens with one attached hydrogen (secondary N) is 3. The minimum atomic E-state index is -0.564. The van der Waals surface area contributed by atoms with E-state index in [2.05, 4.69) is 16.0 Å². The fourth-order valence-corrected chi connectivity index (χ4v) is 2.35. The first-order valence-electron chi connectivity index (χ1n) is 9.40. The highest BCUT2D eigenvalue weighted by molar-refractivity contribution is 6.30. The monoisotopic (exact) mass is 411 g/mol. The maximum absolute atomic E-state index is 11.8. The van der Waals surface area contributed by atoms with Crippen LogP contribution in [0.4, 0.5) is 4.79 Å². The predicted octanol–water partition coefficient (Wildman–Crippen LogP) is 2.81. The zero-order valence-corrected chi connectivity index (χ0v) is 17.5. The Bertz CT molecular complexity index is 642. The summed E-state index contributed by atoms with van der Waals surface area (Å²) in [5.41, 5.74) is 0.498. The van der Waals surface area contributed by atoms with E-state index in [1.54, 1.807) is 32.9 Å². The largest absolute Gasteiger partial charge is 0.444 e. The number of hydrogen-bond donors (Lipinski definition) is 3. The maximum Gasteiger partial charge on any atom is 0.407 e. The topological polar surface area (TPSA) is 96.5 Å². The van der Waals surface area contributed by atoms with Crippen molar-refractivity contribution in [3.8, 4) is 0 Å². The van der Waals surface area contributed by atoms with Gasteiger partial charge in [0.25, 0.3) is 0 Å². The molecule has 7 nitrogen and oxygen atoms in total. The molecule has 0 aliphatic rings. The van der Waals surface area contributed by atoms with Gasteiger partial charge in [-0.05, 0) is 51.3 Å². The number of carbonyl (C=O) groups is 3. The first-order chi connectivity index (χ1) is 13.2. The van der Waals surface area contributed by atoms with Crippen molar-refractivity contribution >= 4 is 29.5 Å². The van der Waals surface area contributed by atoms with Gasteiger partial charge in [-0.15, -0.1) is 0 Å². The molecule has 0 aliphatic carbocycles. The van der Waals surface area contributed by atoms with Crippen LogP contribution in [0, 0.1) is 0 Å². The molecule has 0 saturated carbocycles. The van der Waals surface area contributed by atoms with Crippen LogP contribution in [0.2, 0.25) is 5.02 Å². The molecule has 0 fully saturated rings. The summed E-state index contributed by atoms with van der Waals surface area (Å²) < 4.78 is 5.08. The van der Waals surface area contributed by atoms with Gasteiger partial charge in [-0.3, -0.25) is 9.59 Å². The van der Waals surface area contributed by atoms with Gasteiger partial charge in [-0.25, -0.2) is 4.79 Å². The molecule has 0 unspecified atom stereocenters. The second-order valence-electron chi connectivity index (χ2n) is 7.36. The minimum absolute atomic E-state index is 0.0252. The van der Waals surface area contributed by atoms with E-state index in [0.29, 0.717) is 37.4 Å². The molecule has 1 aromatic carbocycles. The van der Waals surface area contributed by atoms with Crippen LogP contribution >= 0.6 is 11.6 Å². The second-order valence-corrected chi connectivity index (χ2v) is 7.80. The molecular formula is C20H30ClN3O4. The Morgan fingerprint density at radius 3 is 2.04 bits per heavy atom. The molecule has 0 aromatic heterocycles. The van der Waals surface area contributed by atoms with Crippen LogP contribution in [0.25, 0.3) is 0 Å². The van der Waals surface area contributed by atoms with Crippen LogP contribution in [-0.2, 0) is 20.7 Å². The van der Waals surface area contributed by atoms with Crippen molar-refractivity contribution in [2.24, 2.45) is 0 Å². The third kappa shape index (κ3) is 12.2. The highest BCUT2D eigenvalue weighted by atomic mass is 35.5. The van der Waals surface area contributed by atoms with E-state index in [1.165, 1.54) is 0 Å². The Balaban J connectivity index is 2.02. The van der Waals surface area contributed by atoms with Crippen LogP contribution in [0.15, 0.2) is 24.3 Å². The van der Waals surface area contributed by atoms with E-state index < -0.39 is 11.7 Å². The minimum Gasteiger partial charge on any atom is -0.444 e. The Kier molecular flexibility index (Phi) is 10.4. The smallest absolute Gasteiger partial charge is 0.407 e. The first-order valence-corrected chi connectivity index (χ1v) is 9.78. The van der Waals surface area contributed by atoms with Crippen LogP contribution in [0.1, 0.15) is 45.6 Å². The van der Waals surface area contributed by atoms with Gasteiger partial charge in [-0.1, -0.05) is 23.7 Å². The van der Waals surface area contributed by atoms with Gasteiger partial charge in [0, 0.05) is 37.5 Å². The van der Waals surface area contributed by atoms with Gasteiger partial charge < -0.3 is 20.7 Å². The molecule has 156 valence electrons. The van der Waals surface area contributed by atoms with E-state index in [4.69, 9.17) is 16.3 Å². The molecule has 8 heteroatoms. The summed E-state index contributed by atoms with van der Waals surface area (Å²) in [6, 6.07) is 7.42. The van der Waals surface area contributed by atoms with E-state index in [-0.39, 0.29) is 24.8 Å². The van der Waals surface area contributed by atoms with Gasteiger partial charge >= 0.3 is 6.09 Å². The lowest BCUT2D eigenvalue weighted by atomic mass is 10.1. The van der Waals surface area contributed by atoms with Crippen molar-refractivity contribution in [2.45, 2.75) is 52.1 Å². The molecule has 0 aliphatic heterocycles. The van der Waals surface area contributed by atoms with Crippen LogP contribution in [0.5, 0.6) is 0 Å². The number of amides is 3. The lowest BCUT2D eigenvalue weighted by Gasteiger charge is -2.19. The van der Waals surface area contributed by atoms with Crippen LogP contribution in [0.3, 0.4) is 0 Å². The fourth-order valence-electron chi connectivity index (χ4n) is 2.22. The molecule has 1 rings (SSSR count). The molecule has 1 aromatic rings. The molecule has 0 heterocycles. The first kappa shape index (κ1) is 23.8. The Labute approximate surface area is 171 Å². The number of benzene rings is 1. The zero-order chi connectivity index (χ0) is 21.0. The van der Waals surface area contributed by atoms with Gasteiger partial charge in [0.1, 0.15) is 5.60 Å². The van der Waals surface area contributed by atoms with E-state index in [9.17, 15) is 14.4 Å². The summed E-state index contributed by atoms with van der Waals surface area (Å²) in [7, 11) is 0. The summed E-state index contributed by atoms with van der Waals surface area (Å²) in [5.74, 6) is -0.187. The SMILES string of the molecule is CC(C)(C)OC(=O)NCCC(=O)NCCCNC(=O)CCc1ccc(Cl)cc1. The number of ether oxygens (including phenoxy) is 1. The molecule has 0 bridgehead atoms. The average molecular weight is 412 g/mol. The summed E-state index contributed by atoms with van der Waals surface area (Å²) >= 11 is 5.83. The molecule has 0 radical (unpaired) electrons. The molecule has 0 saturated heterocycles. The number of carbonyl (C=O) groups excluding carboxylic acids is 3. The molecule has 0 spiro atoms. The Morgan fingerprint density at radius 2 is 1.46 bits per heavy atom. The normalized spacial score (nSPS) is 10.9. The molecular weight excluding hydrogens is 382 g/mol. The maximum atomic E-state index is 11.8. The number of aryl methyl sites for hydroxylation is 1. The van der Waals surface area contributed by atoms with Gasteiger partial charge in [0.15, 0.2) is 0 Å². The van der Waals surface area contributed by atoms with Crippen molar-refractivity contribution in [1.29, 1.82) is 0 Å². The predicted molar refractivity (Wildman–Crippen MR) is 109 cm³/mol. The Morgan fingerprint density at radius 1 is 0.893 bits per heavy atom. The number of hydrogen-bond acceptors (Lipinski definition) is 4. The molecule has 3 amide bonds. The van der Waals surface area contributed by atoms with Crippen molar-refractivity contribution in [3.63, 3.8) is 0 Å². The Hall–Kier alpha value is -2.28. The van der Waals surface area contributed by atoms with Gasteiger partial charge in [-0.2, -0.15) is 0 Å². The lowest BCUT2D eigenvalue weighted by Crippen LogP contribution is -2.35. The number of halogens is 1. The van der Waals surface area contributed by atoms with E-state index >= 15 is 0 Å². The quantitative estimate of drug-likeness (QED) is 0.516. The molecule has 0 atom stereocenters. The summed E-state index contributed by atoms with van der Waals surface area (Å²) in [5, 5.41) is 8.78. The lowest BCUT2D eigenvalue weighted by molar-refractivity contribution is -0.121. The number of rotatable bonds is 10. The average Bonchev–Trinajstić information content (AvgIpc) is 2.59. The van der Waals surface area contributed by atoms with E-state index in [1.807, 2.05) is 12.1 Å². The fraction of sp³-hybridized carbons (Fsp3) is 0.550. The highest BCUT2D eigenvalue weighted by Crippen LogP contribution is 2.10. The third-order valence-electron chi connectivity index (χ3n) is 3.57. The van der Waals surface area contributed by atoms with Crippen molar-refractivity contribution in [2.75, 3.05) is 19.6 Å². The third-order valence-corrected chi connectivity index (χ3v) is 3.82. The van der Waals surface area contributed by atoms with Crippen molar-refractivity contribution < 1.29 is 19.1 Å². The van der Waals surface area contributed by atoms with Crippen LogP contribution in [-0.4, -0.2) is 43.1 Å². The van der Waals surface area contributed by atoms with Crippen molar-refractivity contribution in [1.82, 2.24) is 16.0 Å². The zero-order valence-electron chi connectivity index (χ0n) is 16.8.